The molecule has 0 saturated heterocycles. The minimum atomic E-state index is -2.55. The van der Waals surface area contributed by atoms with Gasteiger partial charge in [-0.2, -0.15) is 0 Å². The van der Waals surface area contributed by atoms with E-state index in [1.165, 1.54) is 6.20 Å². The van der Waals surface area contributed by atoms with E-state index in [-0.39, 0.29) is 18.8 Å². The second kappa shape index (κ2) is 2.61. The van der Waals surface area contributed by atoms with Gasteiger partial charge in [0.05, 0.1) is 0 Å². The highest BCUT2D eigenvalue weighted by Crippen LogP contribution is 2.47. The second-order valence-corrected chi connectivity index (χ2v) is 3.29. The predicted molar refractivity (Wildman–Crippen MR) is 41.8 cm³/mol. The quantitative estimate of drug-likeness (QED) is 0.718. The second-order valence-electron chi connectivity index (χ2n) is 3.29. The lowest BCUT2D eigenvalue weighted by molar-refractivity contribution is -0.0876. The lowest BCUT2D eigenvalue weighted by atomic mass is 9.79. The Labute approximate surface area is 72.8 Å². The molecule has 1 aromatic heterocycles. The van der Waals surface area contributed by atoms with Crippen LogP contribution < -0.4 is 5.69 Å². The molecule has 5 heteroatoms. The summed E-state index contributed by atoms with van der Waals surface area (Å²) in [6, 6.07) is 1.57. The number of H-pyrrole nitrogens is 1. The maximum Gasteiger partial charge on any atom is 0.345 e. The van der Waals surface area contributed by atoms with Crippen LogP contribution in [0.5, 0.6) is 0 Å². The molecular weight excluding hydrogens is 178 g/mol. The van der Waals surface area contributed by atoms with Crippen LogP contribution in [0, 0.1) is 0 Å². The van der Waals surface area contributed by atoms with Gasteiger partial charge in [-0.15, -0.1) is 0 Å². The van der Waals surface area contributed by atoms with Gasteiger partial charge in [-0.25, -0.2) is 18.6 Å². The number of alkyl halides is 2. The first kappa shape index (κ1) is 8.34. The smallest absolute Gasteiger partial charge is 0.310 e. The summed E-state index contributed by atoms with van der Waals surface area (Å²) in [4.78, 5) is 16.6. The molecule has 0 unspecified atom stereocenters. The van der Waals surface area contributed by atoms with Gasteiger partial charge in [0.15, 0.2) is 0 Å². The summed E-state index contributed by atoms with van der Waals surface area (Å²) in [6.07, 6.45) is 0.991. The topological polar surface area (TPSA) is 45.8 Å². The van der Waals surface area contributed by atoms with E-state index in [2.05, 4.69) is 9.97 Å². The van der Waals surface area contributed by atoms with Crippen LogP contribution in [0.1, 0.15) is 24.5 Å². The number of aromatic amines is 1. The van der Waals surface area contributed by atoms with Gasteiger partial charge in [-0.05, 0) is 6.07 Å². The SMILES string of the molecule is O=c1nccc(C2CC(F)(F)C2)[nH]1. The van der Waals surface area contributed by atoms with E-state index >= 15 is 0 Å². The third-order valence-corrected chi connectivity index (χ3v) is 2.23. The summed E-state index contributed by atoms with van der Waals surface area (Å²) in [5.74, 6) is -2.77. The van der Waals surface area contributed by atoms with Gasteiger partial charge in [0, 0.05) is 30.7 Å². The van der Waals surface area contributed by atoms with Crippen LogP contribution in [-0.4, -0.2) is 15.9 Å². The van der Waals surface area contributed by atoms with Crippen LogP contribution in [0.25, 0.3) is 0 Å². The van der Waals surface area contributed by atoms with Crippen LogP contribution in [0.3, 0.4) is 0 Å². The number of nitrogens with one attached hydrogen (secondary N) is 1. The maximum absolute atomic E-state index is 12.5. The molecule has 0 aliphatic heterocycles. The van der Waals surface area contributed by atoms with Crippen molar-refractivity contribution in [1.82, 2.24) is 9.97 Å². The van der Waals surface area contributed by atoms with Crippen molar-refractivity contribution in [1.29, 1.82) is 0 Å². The Morgan fingerprint density at radius 3 is 2.77 bits per heavy atom. The molecule has 1 aliphatic rings. The zero-order valence-electron chi connectivity index (χ0n) is 6.76. The standard InChI is InChI=1S/C8H8F2N2O/c9-8(10)3-5(4-8)6-1-2-11-7(13)12-6/h1-2,5H,3-4H2,(H,11,12,13). The molecule has 2 rings (SSSR count). The van der Waals surface area contributed by atoms with Gasteiger partial charge >= 0.3 is 5.69 Å². The Kier molecular flexibility index (Phi) is 1.68. The van der Waals surface area contributed by atoms with Crippen molar-refractivity contribution in [2.45, 2.75) is 24.7 Å². The summed E-state index contributed by atoms with van der Waals surface area (Å²) in [6.45, 7) is 0. The Morgan fingerprint density at radius 2 is 2.23 bits per heavy atom. The molecule has 0 amide bonds. The highest BCUT2D eigenvalue weighted by atomic mass is 19.3. The van der Waals surface area contributed by atoms with Crippen molar-refractivity contribution in [2.75, 3.05) is 0 Å². The molecule has 0 radical (unpaired) electrons. The molecule has 3 nitrogen and oxygen atoms in total. The molecule has 1 heterocycles. The fourth-order valence-corrected chi connectivity index (χ4v) is 1.50. The molecule has 0 aromatic carbocycles. The van der Waals surface area contributed by atoms with Crippen molar-refractivity contribution in [2.24, 2.45) is 0 Å². The lowest BCUT2D eigenvalue weighted by Gasteiger charge is -2.34. The normalized spacial score (nSPS) is 21.1. The third kappa shape index (κ3) is 1.59. The van der Waals surface area contributed by atoms with Gasteiger partial charge in [0.2, 0.25) is 5.92 Å². The maximum atomic E-state index is 12.5. The van der Waals surface area contributed by atoms with Crippen molar-refractivity contribution < 1.29 is 8.78 Å². The molecular formula is C8H8F2N2O. The molecule has 1 fully saturated rings. The first-order valence-corrected chi connectivity index (χ1v) is 4.00. The molecule has 1 aromatic rings. The van der Waals surface area contributed by atoms with E-state index in [1.807, 2.05) is 0 Å². The molecule has 1 saturated carbocycles. The van der Waals surface area contributed by atoms with Gasteiger partial charge < -0.3 is 4.98 Å². The Morgan fingerprint density at radius 1 is 1.54 bits per heavy atom. The van der Waals surface area contributed by atoms with Crippen LogP contribution in [0.2, 0.25) is 0 Å². The zero-order chi connectivity index (χ0) is 9.47. The van der Waals surface area contributed by atoms with Crippen LogP contribution in [0.15, 0.2) is 17.1 Å². The van der Waals surface area contributed by atoms with E-state index in [9.17, 15) is 13.6 Å². The minimum absolute atomic E-state index is 0.174. The summed E-state index contributed by atoms with van der Waals surface area (Å²) in [7, 11) is 0. The number of rotatable bonds is 1. The minimum Gasteiger partial charge on any atom is -0.310 e. The van der Waals surface area contributed by atoms with Crippen molar-refractivity contribution >= 4 is 0 Å². The first-order chi connectivity index (χ1) is 6.07. The number of aromatic nitrogens is 2. The fraction of sp³-hybridized carbons (Fsp3) is 0.500. The van der Waals surface area contributed by atoms with Gasteiger partial charge in [0.25, 0.3) is 0 Å². The van der Waals surface area contributed by atoms with Crippen molar-refractivity contribution in [3.8, 4) is 0 Å². The Bertz CT molecular complexity index is 366. The first-order valence-electron chi connectivity index (χ1n) is 4.00. The summed E-state index contributed by atoms with van der Waals surface area (Å²) >= 11 is 0. The zero-order valence-corrected chi connectivity index (χ0v) is 6.76. The van der Waals surface area contributed by atoms with E-state index < -0.39 is 11.6 Å². The van der Waals surface area contributed by atoms with Gasteiger partial charge in [-0.3, -0.25) is 0 Å². The van der Waals surface area contributed by atoms with Gasteiger partial charge in [-0.1, -0.05) is 0 Å². The largest absolute Gasteiger partial charge is 0.345 e. The molecule has 0 atom stereocenters. The average molecular weight is 186 g/mol. The fourth-order valence-electron chi connectivity index (χ4n) is 1.50. The average Bonchev–Trinajstić information content (AvgIpc) is 2.00. The molecule has 1 aliphatic carbocycles. The summed E-state index contributed by atoms with van der Waals surface area (Å²) in [5.41, 5.74) is 0.0821. The number of nitrogens with zero attached hydrogens (tertiary/aromatic N) is 1. The Balaban J connectivity index is 2.16. The van der Waals surface area contributed by atoms with Crippen LogP contribution >= 0.6 is 0 Å². The number of hydrogen-bond donors (Lipinski definition) is 1. The summed E-state index contributed by atoms with van der Waals surface area (Å²) < 4.78 is 24.9. The number of hydrogen-bond acceptors (Lipinski definition) is 2. The van der Waals surface area contributed by atoms with E-state index in [1.54, 1.807) is 6.07 Å². The monoisotopic (exact) mass is 186 g/mol. The summed E-state index contributed by atoms with van der Waals surface area (Å²) in [5, 5.41) is 0. The molecule has 0 spiro atoms. The third-order valence-electron chi connectivity index (χ3n) is 2.23. The van der Waals surface area contributed by atoms with Crippen LogP contribution in [0.4, 0.5) is 8.78 Å². The highest BCUT2D eigenvalue weighted by Gasteiger charge is 2.46. The number of halogens is 2. The lowest BCUT2D eigenvalue weighted by Crippen LogP contribution is -2.35. The molecule has 0 bridgehead atoms. The van der Waals surface area contributed by atoms with Gasteiger partial charge in [0.1, 0.15) is 0 Å². The predicted octanol–water partition coefficient (Wildman–Crippen LogP) is 1.28. The van der Waals surface area contributed by atoms with Crippen LogP contribution in [-0.2, 0) is 0 Å². The van der Waals surface area contributed by atoms with Crippen molar-refractivity contribution in [3.63, 3.8) is 0 Å². The van der Waals surface area contributed by atoms with E-state index in [0.717, 1.165) is 0 Å². The molecule has 13 heavy (non-hydrogen) atoms. The van der Waals surface area contributed by atoms with E-state index in [0.29, 0.717) is 5.69 Å². The van der Waals surface area contributed by atoms with E-state index in [4.69, 9.17) is 0 Å². The van der Waals surface area contributed by atoms with Crippen molar-refractivity contribution in [3.05, 3.63) is 28.4 Å². The molecule has 70 valence electrons. The Hall–Kier alpha value is -1.26. The highest BCUT2D eigenvalue weighted by molar-refractivity contribution is 5.12. The molecule has 1 N–H and O–H groups in total.